The molecule has 0 saturated carbocycles. The quantitative estimate of drug-likeness (QED) is 0.690. The first-order valence-electron chi connectivity index (χ1n) is 7.95. The van der Waals surface area contributed by atoms with Crippen LogP contribution in [-0.4, -0.2) is 30.8 Å². The molecule has 3 aromatic rings. The molecular weight excluding hydrogens is 375 g/mol. The summed E-state index contributed by atoms with van der Waals surface area (Å²) in [6.07, 6.45) is 5.53. The summed E-state index contributed by atoms with van der Waals surface area (Å²) in [5.41, 5.74) is 0.119. The van der Waals surface area contributed by atoms with Crippen molar-refractivity contribution in [1.29, 1.82) is 0 Å². The van der Waals surface area contributed by atoms with E-state index in [-0.39, 0.29) is 23.4 Å². The molecule has 144 valence electrons. The smallest absolute Gasteiger partial charge is 0.288 e. The molecule has 0 aliphatic rings. The molecule has 2 N–H and O–H groups in total. The van der Waals surface area contributed by atoms with E-state index in [9.17, 15) is 18.0 Å². The Labute approximate surface area is 157 Å². The van der Waals surface area contributed by atoms with Gasteiger partial charge in [0.25, 0.3) is 5.92 Å². The number of hydrogen-bond donors (Lipinski definition) is 2. The van der Waals surface area contributed by atoms with Crippen molar-refractivity contribution in [2.24, 2.45) is 0 Å². The fraction of sp³-hybridized carbons (Fsp3) is 0.176. The zero-order valence-corrected chi connectivity index (χ0v) is 14.7. The standard InChI is InChI=1S/C17H14F3N7O/c1-9(28)25-14-3-12(11(6-22-14)16-23-4-10(18)5-24-16)26-15-8-21-7-13(27-15)17(2,19)20/h3-8H,1-2H3,(H2,22,25,26,27,28). The molecule has 0 atom stereocenters. The molecule has 0 radical (unpaired) electrons. The predicted octanol–water partition coefficient (Wildman–Crippen LogP) is 3.28. The number of hydrogen-bond acceptors (Lipinski definition) is 7. The van der Waals surface area contributed by atoms with Crippen LogP contribution in [0, 0.1) is 5.82 Å². The fourth-order valence-corrected chi connectivity index (χ4v) is 2.21. The minimum absolute atomic E-state index is 0.0300. The minimum atomic E-state index is -3.17. The monoisotopic (exact) mass is 389 g/mol. The number of anilines is 3. The molecule has 8 nitrogen and oxygen atoms in total. The molecule has 0 unspecified atom stereocenters. The third-order valence-corrected chi connectivity index (χ3v) is 3.42. The van der Waals surface area contributed by atoms with Crippen molar-refractivity contribution in [2.75, 3.05) is 10.6 Å². The van der Waals surface area contributed by atoms with Gasteiger partial charge in [0.05, 0.1) is 36.0 Å². The summed E-state index contributed by atoms with van der Waals surface area (Å²) in [5, 5.41) is 5.35. The number of pyridine rings is 1. The van der Waals surface area contributed by atoms with Gasteiger partial charge in [-0.15, -0.1) is 0 Å². The summed E-state index contributed by atoms with van der Waals surface area (Å²) in [5.74, 6) is -3.78. The highest BCUT2D eigenvalue weighted by Gasteiger charge is 2.27. The van der Waals surface area contributed by atoms with Crippen LogP contribution < -0.4 is 10.6 Å². The van der Waals surface area contributed by atoms with Gasteiger partial charge >= 0.3 is 0 Å². The normalized spacial score (nSPS) is 11.2. The van der Waals surface area contributed by atoms with Gasteiger partial charge in [0.15, 0.2) is 11.6 Å². The van der Waals surface area contributed by atoms with Gasteiger partial charge < -0.3 is 10.6 Å². The van der Waals surface area contributed by atoms with E-state index in [0.717, 1.165) is 18.6 Å². The zero-order chi connectivity index (χ0) is 20.3. The van der Waals surface area contributed by atoms with Crippen LogP contribution in [0.25, 0.3) is 11.4 Å². The van der Waals surface area contributed by atoms with Gasteiger partial charge in [0.2, 0.25) is 5.91 Å². The van der Waals surface area contributed by atoms with E-state index in [2.05, 4.69) is 35.6 Å². The molecule has 28 heavy (non-hydrogen) atoms. The molecule has 0 spiro atoms. The summed E-state index contributed by atoms with van der Waals surface area (Å²) in [7, 11) is 0. The van der Waals surface area contributed by atoms with Gasteiger partial charge in [-0.3, -0.25) is 9.78 Å². The number of amides is 1. The van der Waals surface area contributed by atoms with Gasteiger partial charge in [-0.25, -0.2) is 24.3 Å². The third-order valence-electron chi connectivity index (χ3n) is 3.42. The van der Waals surface area contributed by atoms with Gasteiger partial charge in [-0.05, 0) is 0 Å². The largest absolute Gasteiger partial charge is 0.338 e. The summed E-state index contributed by atoms with van der Waals surface area (Å²) in [4.78, 5) is 30.7. The molecule has 1 amide bonds. The van der Waals surface area contributed by atoms with E-state index in [1.165, 1.54) is 25.4 Å². The van der Waals surface area contributed by atoms with E-state index in [0.29, 0.717) is 18.2 Å². The minimum Gasteiger partial charge on any atom is -0.338 e. The molecule has 3 rings (SSSR count). The molecule has 0 aliphatic heterocycles. The number of nitrogens with one attached hydrogen (secondary N) is 2. The van der Waals surface area contributed by atoms with E-state index in [1.807, 2.05) is 0 Å². The lowest BCUT2D eigenvalue weighted by Gasteiger charge is -2.14. The second kappa shape index (κ2) is 7.55. The van der Waals surface area contributed by atoms with Crippen LogP contribution in [0.4, 0.5) is 30.5 Å². The van der Waals surface area contributed by atoms with Crippen molar-refractivity contribution in [3.8, 4) is 11.4 Å². The van der Waals surface area contributed by atoms with Crippen LogP contribution in [0.3, 0.4) is 0 Å². The SMILES string of the molecule is CC(=O)Nc1cc(Nc2cncc(C(C)(F)F)n2)c(-c2ncc(F)cn2)cn1. The summed E-state index contributed by atoms with van der Waals surface area (Å²) in [6.45, 7) is 2.02. The highest BCUT2D eigenvalue weighted by atomic mass is 19.3. The molecule has 0 aliphatic carbocycles. The van der Waals surface area contributed by atoms with Gasteiger partial charge in [0.1, 0.15) is 17.3 Å². The van der Waals surface area contributed by atoms with Crippen LogP contribution in [0.15, 0.2) is 37.1 Å². The number of carbonyl (C=O) groups is 1. The Bertz CT molecular complexity index is 1010. The number of alkyl halides is 2. The topological polar surface area (TPSA) is 106 Å². The van der Waals surface area contributed by atoms with E-state index in [1.54, 1.807) is 0 Å². The molecular formula is C17H14F3N7O. The van der Waals surface area contributed by atoms with Crippen molar-refractivity contribution in [3.63, 3.8) is 0 Å². The zero-order valence-electron chi connectivity index (χ0n) is 14.7. The van der Waals surface area contributed by atoms with E-state index >= 15 is 0 Å². The number of nitrogens with zero attached hydrogens (tertiary/aromatic N) is 5. The van der Waals surface area contributed by atoms with Crippen molar-refractivity contribution in [2.45, 2.75) is 19.8 Å². The Balaban J connectivity index is 2.03. The predicted molar refractivity (Wildman–Crippen MR) is 94.4 cm³/mol. The first-order chi connectivity index (χ1) is 13.2. The van der Waals surface area contributed by atoms with Crippen LogP contribution in [0.5, 0.6) is 0 Å². The molecule has 11 heteroatoms. The van der Waals surface area contributed by atoms with Gasteiger partial charge in [-0.2, -0.15) is 8.78 Å². The maximum atomic E-state index is 13.5. The van der Waals surface area contributed by atoms with Gasteiger partial charge in [0, 0.05) is 26.1 Å². The maximum absolute atomic E-state index is 13.5. The van der Waals surface area contributed by atoms with Crippen molar-refractivity contribution in [1.82, 2.24) is 24.9 Å². The molecule has 0 saturated heterocycles. The molecule has 0 fully saturated rings. The molecule has 0 bridgehead atoms. The van der Waals surface area contributed by atoms with E-state index < -0.39 is 17.4 Å². The third kappa shape index (κ3) is 4.55. The Morgan fingerprint density at radius 2 is 1.75 bits per heavy atom. The van der Waals surface area contributed by atoms with E-state index in [4.69, 9.17) is 0 Å². The van der Waals surface area contributed by atoms with Crippen molar-refractivity contribution in [3.05, 3.63) is 48.6 Å². The highest BCUT2D eigenvalue weighted by Crippen LogP contribution is 2.30. The molecule has 0 aromatic carbocycles. The molecule has 3 heterocycles. The van der Waals surface area contributed by atoms with Crippen LogP contribution in [0.1, 0.15) is 19.5 Å². The fourth-order valence-electron chi connectivity index (χ4n) is 2.21. The lowest BCUT2D eigenvalue weighted by molar-refractivity contribution is -0.114. The van der Waals surface area contributed by atoms with Crippen LogP contribution in [-0.2, 0) is 10.7 Å². The second-order valence-corrected chi connectivity index (χ2v) is 5.82. The van der Waals surface area contributed by atoms with Crippen LogP contribution >= 0.6 is 0 Å². The van der Waals surface area contributed by atoms with Crippen molar-refractivity contribution < 1.29 is 18.0 Å². The average Bonchev–Trinajstić information content (AvgIpc) is 2.62. The number of carbonyl (C=O) groups excluding carboxylic acids is 1. The van der Waals surface area contributed by atoms with Crippen LogP contribution in [0.2, 0.25) is 0 Å². The average molecular weight is 389 g/mol. The Kier molecular flexibility index (Phi) is 5.16. The first kappa shape index (κ1) is 19.1. The summed E-state index contributed by atoms with van der Waals surface area (Å²) in [6, 6.07) is 1.45. The lowest BCUT2D eigenvalue weighted by atomic mass is 10.2. The summed E-state index contributed by atoms with van der Waals surface area (Å²) < 4.78 is 40.2. The molecule has 3 aromatic heterocycles. The number of rotatable bonds is 5. The van der Waals surface area contributed by atoms with Crippen molar-refractivity contribution >= 4 is 23.2 Å². The number of halogens is 3. The Morgan fingerprint density at radius 3 is 2.39 bits per heavy atom. The lowest BCUT2D eigenvalue weighted by Crippen LogP contribution is -2.12. The summed E-state index contributed by atoms with van der Waals surface area (Å²) >= 11 is 0. The Hall–Kier alpha value is -3.63. The maximum Gasteiger partial charge on any atom is 0.288 e. The van der Waals surface area contributed by atoms with Gasteiger partial charge in [-0.1, -0.05) is 0 Å². The Morgan fingerprint density at radius 1 is 1.04 bits per heavy atom. The number of aromatic nitrogens is 5. The second-order valence-electron chi connectivity index (χ2n) is 5.82. The highest BCUT2D eigenvalue weighted by molar-refractivity contribution is 5.89. The first-order valence-corrected chi connectivity index (χ1v) is 7.95.